The summed E-state index contributed by atoms with van der Waals surface area (Å²) in [5, 5.41) is 27.3. The third-order valence-corrected chi connectivity index (χ3v) is 12.1. The molecule has 0 fully saturated rings. The van der Waals surface area contributed by atoms with Crippen LogP contribution in [0.15, 0.2) is 103 Å². The van der Waals surface area contributed by atoms with Gasteiger partial charge < -0.3 is 34.7 Å². The normalized spacial score (nSPS) is 12.3. The van der Waals surface area contributed by atoms with Crippen molar-refractivity contribution in [1.82, 2.24) is 15.0 Å². The molecule has 0 saturated carbocycles. The molecule has 0 atom stereocenters. The average molecular weight is 1030 g/mol. The van der Waals surface area contributed by atoms with Gasteiger partial charge in [-0.2, -0.15) is 28.5 Å². The van der Waals surface area contributed by atoms with E-state index in [1.165, 1.54) is 36.4 Å². The number of hydrogen-bond acceptors (Lipinski definition) is 24. The summed E-state index contributed by atoms with van der Waals surface area (Å²) in [5.74, 6) is -3.29. The Bertz CT molecular complexity index is 3170. The molecule has 1 heterocycles. The number of sulfone groups is 1. The van der Waals surface area contributed by atoms with Crippen LogP contribution in [0, 0.1) is 0 Å². The van der Waals surface area contributed by atoms with Gasteiger partial charge in [-0.3, -0.25) is 9.55 Å². The van der Waals surface area contributed by atoms with Crippen molar-refractivity contribution >= 4 is 114 Å². The molecule has 4 aromatic carbocycles. The molecule has 0 bridgehead atoms. The van der Waals surface area contributed by atoms with Gasteiger partial charge in [0.1, 0.15) is 25.9 Å². The van der Waals surface area contributed by atoms with E-state index >= 15 is 0 Å². The Kier molecular flexibility index (Phi) is 23.7. The molecule has 0 aliphatic rings. The Morgan fingerprint density at radius 1 is 0.662 bits per heavy atom. The number of azo groups is 1. The van der Waals surface area contributed by atoms with Gasteiger partial charge in [-0.25, -0.2) is 37.9 Å². The fraction of sp³-hybridized carbons (Fsp3) is 0.161. The molecule has 0 spiro atoms. The van der Waals surface area contributed by atoms with Gasteiger partial charge in [0.25, 0.3) is 0 Å². The molecular weight excluding hydrogens is 1010 g/mol. The van der Waals surface area contributed by atoms with Crippen LogP contribution in [0.3, 0.4) is 0 Å². The van der Waals surface area contributed by atoms with Crippen molar-refractivity contribution in [3.63, 3.8) is 0 Å². The topological polar surface area (TPSA) is 404 Å². The van der Waals surface area contributed by atoms with Crippen LogP contribution in [-0.2, 0) is 54.8 Å². The first-order valence-corrected chi connectivity index (χ1v) is 23.9. The van der Waals surface area contributed by atoms with Gasteiger partial charge in [-0.1, -0.05) is 18.2 Å². The predicted molar refractivity (Wildman–Crippen MR) is 209 cm³/mol. The molecule has 34 heteroatoms. The van der Waals surface area contributed by atoms with Crippen molar-refractivity contribution in [1.29, 1.82) is 0 Å². The van der Waals surface area contributed by atoms with Crippen molar-refractivity contribution in [2.45, 2.75) is 21.6 Å². The molecule has 0 radical (unpaired) electrons. The molecule has 4 N–H and O–H groups in total. The molecule has 5 aromatic rings. The van der Waals surface area contributed by atoms with E-state index in [0.29, 0.717) is 0 Å². The van der Waals surface area contributed by atoms with Crippen molar-refractivity contribution in [3.8, 4) is 0 Å². The summed E-state index contributed by atoms with van der Waals surface area (Å²) in [6.07, 6.45) is 0. The summed E-state index contributed by atoms with van der Waals surface area (Å²) in [7, 11) is -24.1. The van der Waals surface area contributed by atoms with Gasteiger partial charge in [0, 0.05) is 28.7 Å². The van der Waals surface area contributed by atoms with Crippen LogP contribution in [0.2, 0.25) is 0 Å². The summed E-state index contributed by atoms with van der Waals surface area (Å²) in [6, 6.07) is 13.8. The van der Waals surface area contributed by atoms with Gasteiger partial charge in [-0.05, 0) is 67.4 Å². The first-order valence-electron chi connectivity index (χ1n) is 16.4. The minimum absolute atomic E-state index is 0. The van der Waals surface area contributed by atoms with Crippen LogP contribution in [0.4, 0.5) is 46.3 Å². The van der Waals surface area contributed by atoms with Crippen LogP contribution in [-0.4, -0.2) is 106 Å². The van der Waals surface area contributed by atoms with E-state index in [1.54, 1.807) is 0 Å². The van der Waals surface area contributed by atoms with Gasteiger partial charge in [0.05, 0.1) is 54.3 Å². The summed E-state index contributed by atoms with van der Waals surface area (Å²) >= 11 is 0. The summed E-state index contributed by atoms with van der Waals surface area (Å²) in [5.41, 5.74) is -0.487. The van der Waals surface area contributed by atoms with Gasteiger partial charge in [0.15, 0.2) is 9.84 Å². The van der Waals surface area contributed by atoms with E-state index in [4.69, 9.17) is 4.55 Å². The predicted octanol–water partition coefficient (Wildman–Crippen LogP) is -10.3. The molecule has 25 nitrogen and oxygen atoms in total. The maximum Gasteiger partial charge on any atom is 1.00 e. The molecular formula is C31H27N9Na4O16S5. The quantitative estimate of drug-likeness (QED) is 0.0208. The van der Waals surface area contributed by atoms with Crippen LogP contribution >= 0.6 is 0 Å². The smallest absolute Gasteiger partial charge is 0.862 e. The molecule has 0 aliphatic heterocycles. The second-order valence-electron chi connectivity index (χ2n) is 12.1. The van der Waals surface area contributed by atoms with E-state index in [1.807, 2.05) is 0 Å². The Balaban J connectivity index is 0.00000528. The van der Waals surface area contributed by atoms with E-state index in [0.717, 1.165) is 43.3 Å². The molecule has 5 rings (SSSR count). The van der Waals surface area contributed by atoms with E-state index < -0.39 is 96.3 Å². The zero-order chi connectivity index (χ0) is 45.0. The van der Waals surface area contributed by atoms with Crippen molar-refractivity contribution in [2.75, 3.05) is 40.6 Å². The fourth-order valence-corrected chi connectivity index (χ4v) is 8.37. The maximum atomic E-state index is 12.8. The number of benzene rings is 4. The standard InChI is InChI=1S/C31H31N9O16S5.4Na/c1-18(41)33-26-16-20(8-9-25(26)40-39-21-15-24-23(28(17-21)60(50,51)52)6-3-7-27(24)59(47,48)49)35-31-37-29(32-10-12-58(44,45)46)36-30(38-31)34-19-4-2-5-22(14-19)57(42,43)13-11-56-61(53,54)55;;;;/h2-9,14-17H,10-13H2,1H3,(H,33,41)(H,44,45,46)(H,47,48,49)(H,50,51,52)(H,53,54,55)(H3,32,34,35,36,37,38);;;;/q;4*+1/p-4. The SMILES string of the molecule is CC([O-])=Nc1cc(Nc2nc(NCCS(=O)(=O)[O-])nc(Nc3cccc(S(=O)(=O)CCOS(=O)(=O)O)c3)n2)ccc1N=Nc1cc(S(=O)(=O)[O-])c2cccc(S(=O)(=O)[O-])c2c1.[Na+].[Na+].[Na+].[Na+]. The third kappa shape index (κ3) is 18.9. The van der Waals surface area contributed by atoms with Crippen LogP contribution < -0.4 is 139 Å². The Labute approximate surface area is 460 Å². The summed E-state index contributed by atoms with van der Waals surface area (Å²) < 4.78 is 166. The van der Waals surface area contributed by atoms with Gasteiger partial charge in [-0.15, -0.1) is 5.11 Å². The first kappa shape index (κ1) is 61.2. The monoisotopic (exact) mass is 1030 g/mol. The second-order valence-corrected chi connectivity index (χ2v) is 19.5. The number of nitrogens with one attached hydrogen (secondary N) is 3. The first-order chi connectivity index (χ1) is 28.3. The molecule has 0 unspecified atom stereocenters. The van der Waals surface area contributed by atoms with Crippen molar-refractivity contribution in [2.24, 2.45) is 15.2 Å². The largest absolute Gasteiger partial charge is 1.00 e. The molecule has 0 saturated heterocycles. The van der Waals surface area contributed by atoms with E-state index in [-0.39, 0.29) is 175 Å². The van der Waals surface area contributed by atoms with Crippen LogP contribution in [0.5, 0.6) is 0 Å². The van der Waals surface area contributed by atoms with E-state index in [2.05, 4.69) is 50.3 Å². The van der Waals surface area contributed by atoms with Crippen LogP contribution in [0.1, 0.15) is 6.92 Å². The number of aliphatic imine (C=N–C) groups is 1. The number of rotatable bonds is 18. The zero-order valence-corrected chi connectivity index (χ0v) is 46.6. The second kappa shape index (κ2) is 25.2. The Morgan fingerprint density at radius 2 is 1.25 bits per heavy atom. The maximum absolute atomic E-state index is 12.8. The van der Waals surface area contributed by atoms with Crippen LogP contribution in [0.25, 0.3) is 10.8 Å². The summed E-state index contributed by atoms with van der Waals surface area (Å²) in [6.45, 7) is -0.249. The molecule has 1 aromatic heterocycles. The van der Waals surface area contributed by atoms with E-state index in [9.17, 15) is 60.9 Å². The molecule has 0 aliphatic carbocycles. The fourth-order valence-electron chi connectivity index (χ4n) is 5.10. The molecule has 65 heavy (non-hydrogen) atoms. The minimum Gasteiger partial charge on any atom is -0.862 e. The number of anilines is 5. The number of aromatic nitrogens is 3. The summed E-state index contributed by atoms with van der Waals surface area (Å²) in [4.78, 5) is 14.3. The zero-order valence-electron chi connectivity index (χ0n) is 34.6. The Hall–Kier alpha value is -1.83. The number of nitrogens with zero attached hydrogens (tertiary/aromatic N) is 6. The molecule has 0 amide bonds. The van der Waals surface area contributed by atoms with Gasteiger partial charge >= 0.3 is 129 Å². The number of hydrogen-bond donors (Lipinski definition) is 4. The average Bonchev–Trinajstić information content (AvgIpc) is 3.12. The molecule has 326 valence electrons. The van der Waals surface area contributed by atoms with Gasteiger partial charge in [0.2, 0.25) is 17.8 Å². The number of fused-ring (bicyclic) bond motifs is 1. The van der Waals surface area contributed by atoms with Crippen molar-refractivity contribution < 1.29 is 188 Å². The third-order valence-electron chi connectivity index (χ3n) is 7.53. The van der Waals surface area contributed by atoms with Crippen molar-refractivity contribution in [3.05, 3.63) is 72.8 Å². The minimum atomic E-state index is -5.25. The Morgan fingerprint density at radius 3 is 1.82 bits per heavy atom.